The minimum atomic E-state index is -0.769. The number of hydrogen-bond donors (Lipinski definition) is 2. The third-order valence-electron chi connectivity index (χ3n) is 3.25. The number of carboxylic acid groups (broad SMARTS) is 1. The van der Waals surface area contributed by atoms with Gasteiger partial charge in [0.05, 0.1) is 5.69 Å². The Hall–Kier alpha value is -1.32. The van der Waals surface area contributed by atoms with Gasteiger partial charge in [-0.15, -0.1) is 0 Å². The van der Waals surface area contributed by atoms with Gasteiger partial charge in [0.15, 0.2) is 0 Å². The molecule has 0 aromatic carbocycles. The molecular formula is C10H14N2O2. The van der Waals surface area contributed by atoms with Crippen molar-refractivity contribution in [1.29, 1.82) is 0 Å². The first-order valence-corrected chi connectivity index (χ1v) is 4.66. The zero-order valence-electron chi connectivity index (χ0n) is 8.59. The summed E-state index contributed by atoms with van der Waals surface area (Å²) in [5, 5.41) is 16.1. The number of nitrogens with one attached hydrogen (secondary N) is 1. The fourth-order valence-corrected chi connectivity index (χ4v) is 2.17. The number of H-pyrrole nitrogens is 1. The van der Waals surface area contributed by atoms with Gasteiger partial charge in [-0.1, -0.05) is 13.8 Å². The molecule has 1 unspecified atom stereocenters. The zero-order valence-corrected chi connectivity index (χ0v) is 8.59. The van der Waals surface area contributed by atoms with Gasteiger partial charge in [-0.05, 0) is 24.8 Å². The molecule has 14 heavy (non-hydrogen) atoms. The Labute approximate surface area is 82.3 Å². The molecular weight excluding hydrogens is 180 g/mol. The maximum absolute atomic E-state index is 11.3. The van der Waals surface area contributed by atoms with Crippen molar-refractivity contribution in [3.05, 3.63) is 17.5 Å². The molecule has 1 aliphatic carbocycles. The number of rotatable bonds is 2. The minimum Gasteiger partial charge on any atom is -0.481 e. The molecule has 1 heterocycles. The van der Waals surface area contributed by atoms with E-state index in [4.69, 9.17) is 0 Å². The van der Waals surface area contributed by atoms with Crippen molar-refractivity contribution in [1.82, 2.24) is 10.2 Å². The monoisotopic (exact) mass is 194 g/mol. The number of aliphatic carboxylic acids is 1. The lowest BCUT2D eigenvalue weighted by molar-refractivity contribution is -0.141. The van der Waals surface area contributed by atoms with Crippen molar-refractivity contribution < 1.29 is 9.90 Å². The Morgan fingerprint density at radius 2 is 2.21 bits per heavy atom. The second-order valence-corrected chi connectivity index (χ2v) is 4.71. The van der Waals surface area contributed by atoms with Crippen LogP contribution in [0.3, 0.4) is 0 Å². The quantitative estimate of drug-likeness (QED) is 0.749. The highest BCUT2D eigenvalue weighted by Gasteiger charge is 2.69. The molecule has 0 radical (unpaired) electrons. The molecule has 1 saturated carbocycles. The summed E-state index contributed by atoms with van der Waals surface area (Å²) in [7, 11) is 0. The van der Waals surface area contributed by atoms with Gasteiger partial charge in [0.1, 0.15) is 5.41 Å². The zero-order chi connectivity index (χ0) is 10.6. The van der Waals surface area contributed by atoms with E-state index < -0.39 is 11.4 Å². The summed E-state index contributed by atoms with van der Waals surface area (Å²) < 4.78 is 0. The number of nitrogens with zero attached hydrogens (tertiary/aromatic N) is 1. The molecule has 0 saturated heterocycles. The van der Waals surface area contributed by atoms with Crippen LogP contribution in [-0.2, 0) is 10.2 Å². The summed E-state index contributed by atoms with van der Waals surface area (Å²) in [6.07, 6.45) is 0.666. The van der Waals surface area contributed by atoms with Crippen LogP contribution in [0.4, 0.5) is 0 Å². The molecule has 1 aliphatic rings. The van der Waals surface area contributed by atoms with Crippen LogP contribution in [0.25, 0.3) is 0 Å². The van der Waals surface area contributed by atoms with Gasteiger partial charge in [-0.3, -0.25) is 9.89 Å². The second kappa shape index (κ2) is 2.38. The van der Waals surface area contributed by atoms with E-state index in [0.29, 0.717) is 12.1 Å². The van der Waals surface area contributed by atoms with Crippen molar-refractivity contribution in [3.8, 4) is 0 Å². The predicted octanol–water partition coefficient (Wildman–Crippen LogP) is 1.47. The minimum absolute atomic E-state index is 0.180. The SMILES string of the molecule is Cc1cc(C2(C(=O)O)CC2(C)C)n[nH]1. The first-order chi connectivity index (χ1) is 6.40. The van der Waals surface area contributed by atoms with Crippen molar-refractivity contribution in [2.45, 2.75) is 32.6 Å². The van der Waals surface area contributed by atoms with E-state index in [0.717, 1.165) is 5.69 Å². The smallest absolute Gasteiger partial charge is 0.316 e. The van der Waals surface area contributed by atoms with Gasteiger partial charge < -0.3 is 5.11 Å². The summed E-state index contributed by atoms with van der Waals surface area (Å²) in [4.78, 5) is 11.3. The Balaban J connectivity index is 2.46. The van der Waals surface area contributed by atoms with Crippen LogP contribution >= 0.6 is 0 Å². The average Bonchev–Trinajstić information content (AvgIpc) is 2.44. The Morgan fingerprint density at radius 3 is 2.50 bits per heavy atom. The highest BCUT2D eigenvalue weighted by Crippen LogP contribution is 2.63. The van der Waals surface area contributed by atoms with E-state index in [1.165, 1.54) is 0 Å². The third kappa shape index (κ3) is 0.937. The molecule has 1 fully saturated rings. The predicted molar refractivity (Wildman–Crippen MR) is 51.0 cm³/mol. The molecule has 4 nitrogen and oxygen atoms in total. The first-order valence-electron chi connectivity index (χ1n) is 4.66. The van der Waals surface area contributed by atoms with Crippen LogP contribution in [0.15, 0.2) is 6.07 Å². The van der Waals surface area contributed by atoms with Crippen LogP contribution in [0.2, 0.25) is 0 Å². The number of aromatic nitrogens is 2. The van der Waals surface area contributed by atoms with Gasteiger partial charge in [-0.25, -0.2) is 0 Å². The number of aromatic amines is 1. The van der Waals surface area contributed by atoms with E-state index in [2.05, 4.69) is 10.2 Å². The maximum Gasteiger partial charge on any atom is 0.316 e. The van der Waals surface area contributed by atoms with Crippen molar-refractivity contribution >= 4 is 5.97 Å². The number of carboxylic acids is 1. The van der Waals surface area contributed by atoms with Crippen LogP contribution < -0.4 is 0 Å². The lowest BCUT2D eigenvalue weighted by Crippen LogP contribution is -2.25. The standard InChI is InChI=1S/C10H14N2O2/c1-6-4-7(12-11-6)10(8(13)14)5-9(10,2)3/h4H,5H2,1-3H3,(H,11,12)(H,13,14). The summed E-state index contributed by atoms with van der Waals surface area (Å²) in [5.74, 6) is -0.769. The maximum atomic E-state index is 11.3. The summed E-state index contributed by atoms with van der Waals surface area (Å²) in [5.41, 5.74) is 0.619. The molecule has 1 aromatic heterocycles. The van der Waals surface area contributed by atoms with Crippen LogP contribution in [0.1, 0.15) is 31.7 Å². The Kier molecular flexibility index (Phi) is 1.57. The number of aryl methyl sites for hydroxylation is 1. The highest BCUT2D eigenvalue weighted by atomic mass is 16.4. The van der Waals surface area contributed by atoms with Gasteiger partial charge >= 0.3 is 5.97 Å². The Morgan fingerprint density at radius 1 is 1.64 bits per heavy atom. The van der Waals surface area contributed by atoms with E-state index >= 15 is 0 Å². The van der Waals surface area contributed by atoms with Crippen LogP contribution in [0.5, 0.6) is 0 Å². The molecule has 4 heteroatoms. The Bertz CT molecular complexity index is 395. The van der Waals surface area contributed by atoms with E-state index in [-0.39, 0.29) is 5.41 Å². The lowest BCUT2D eigenvalue weighted by Gasteiger charge is -2.12. The summed E-state index contributed by atoms with van der Waals surface area (Å²) in [6.45, 7) is 5.80. The number of hydrogen-bond acceptors (Lipinski definition) is 2. The molecule has 2 rings (SSSR count). The van der Waals surface area contributed by atoms with Gasteiger partial charge in [0, 0.05) is 5.69 Å². The molecule has 0 amide bonds. The van der Waals surface area contributed by atoms with Gasteiger partial charge in [0.2, 0.25) is 0 Å². The lowest BCUT2D eigenvalue weighted by atomic mass is 9.92. The fourth-order valence-electron chi connectivity index (χ4n) is 2.17. The van der Waals surface area contributed by atoms with E-state index in [9.17, 15) is 9.90 Å². The topological polar surface area (TPSA) is 66.0 Å². The van der Waals surface area contributed by atoms with Crippen molar-refractivity contribution in [2.75, 3.05) is 0 Å². The molecule has 0 spiro atoms. The molecule has 0 bridgehead atoms. The average molecular weight is 194 g/mol. The van der Waals surface area contributed by atoms with Crippen LogP contribution in [0, 0.1) is 12.3 Å². The summed E-state index contributed by atoms with van der Waals surface area (Å²) in [6, 6.07) is 1.82. The van der Waals surface area contributed by atoms with Gasteiger partial charge in [0.25, 0.3) is 0 Å². The third-order valence-corrected chi connectivity index (χ3v) is 3.25. The molecule has 2 N–H and O–H groups in total. The summed E-state index contributed by atoms with van der Waals surface area (Å²) >= 11 is 0. The second-order valence-electron chi connectivity index (χ2n) is 4.71. The largest absolute Gasteiger partial charge is 0.481 e. The van der Waals surface area contributed by atoms with Crippen LogP contribution in [-0.4, -0.2) is 21.3 Å². The molecule has 76 valence electrons. The van der Waals surface area contributed by atoms with E-state index in [1.54, 1.807) is 0 Å². The highest BCUT2D eigenvalue weighted by molar-refractivity contribution is 5.86. The molecule has 1 atom stereocenters. The van der Waals surface area contributed by atoms with E-state index in [1.807, 2.05) is 26.8 Å². The van der Waals surface area contributed by atoms with Crippen molar-refractivity contribution in [2.24, 2.45) is 5.41 Å². The van der Waals surface area contributed by atoms with Crippen molar-refractivity contribution in [3.63, 3.8) is 0 Å². The first kappa shape index (κ1) is 9.24. The number of carbonyl (C=O) groups is 1. The molecule has 0 aliphatic heterocycles. The normalized spacial score (nSPS) is 28.8. The van der Waals surface area contributed by atoms with Gasteiger partial charge in [-0.2, -0.15) is 5.10 Å². The molecule has 1 aromatic rings. The fraction of sp³-hybridized carbons (Fsp3) is 0.600.